The largest absolute Gasteiger partial charge is 0.389 e. The monoisotopic (exact) mass is 210 g/mol. The fourth-order valence-corrected chi connectivity index (χ4v) is 2.79. The summed E-state index contributed by atoms with van der Waals surface area (Å²) in [5, 5.41) is 19.7. The smallest absolute Gasteiger partial charge is 0.0791 e. The van der Waals surface area contributed by atoms with Crippen LogP contribution in [-0.4, -0.2) is 22.4 Å². The molecule has 3 unspecified atom stereocenters. The highest BCUT2D eigenvalue weighted by molar-refractivity contribution is 5.19. The Hall–Kier alpha value is -0.600. The summed E-state index contributed by atoms with van der Waals surface area (Å²) in [6.07, 6.45) is 5.45. The van der Waals surface area contributed by atoms with Crippen molar-refractivity contribution >= 4 is 0 Å². The van der Waals surface area contributed by atoms with Crippen LogP contribution in [0.4, 0.5) is 0 Å². The first-order valence-corrected chi connectivity index (χ1v) is 5.55. The maximum atomic E-state index is 10.1. The zero-order valence-corrected chi connectivity index (χ0v) is 10.1. The molecule has 0 bridgehead atoms. The van der Waals surface area contributed by atoms with E-state index in [1.807, 2.05) is 32.1 Å². The van der Waals surface area contributed by atoms with E-state index in [-0.39, 0.29) is 17.4 Å². The van der Waals surface area contributed by atoms with Crippen LogP contribution in [0, 0.1) is 11.3 Å². The molecule has 1 aliphatic carbocycles. The molecule has 0 radical (unpaired) electrons. The van der Waals surface area contributed by atoms with Gasteiger partial charge in [-0.2, -0.15) is 0 Å². The lowest BCUT2D eigenvalue weighted by Crippen LogP contribution is -2.39. The lowest BCUT2D eigenvalue weighted by Gasteiger charge is -2.42. The average Bonchev–Trinajstić information content (AvgIpc) is 1.99. The number of aliphatic hydroxyl groups is 2. The molecule has 0 fully saturated rings. The number of rotatable bonds is 2. The highest BCUT2D eigenvalue weighted by atomic mass is 16.3. The summed E-state index contributed by atoms with van der Waals surface area (Å²) in [4.78, 5) is 0. The summed E-state index contributed by atoms with van der Waals surface area (Å²) in [6.45, 7) is 8.10. The van der Waals surface area contributed by atoms with Crippen molar-refractivity contribution in [3.05, 3.63) is 23.8 Å². The molecule has 15 heavy (non-hydrogen) atoms. The Balaban J connectivity index is 2.98. The topological polar surface area (TPSA) is 40.5 Å². The molecule has 3 atom stereocenters. The molecule has 1 aliphatic rings. The summed E-state index contributed by atoms with van der Waals surface area (Å²) >= 11 is 0. The van der Waals surface area contributed by atoms with Crippen LogP contribution in [0.1, 0.15) is 34.1 Å². The fraction of sp³-hybridized carbons (Fsp3) is 0.692. The minimum absolute atomic E-state index is 0.0584. The van der Waals surface area contributed by atoms with Crippen LogP contribution in [0.25, 0.3) is 0 Å². The number of aliphatic hydroxyl groups excluding tert-OH is 2. The maximum absolute atomic E-state index is 10.1. The maximum Gasteiger partial charge on any atom is 0.0791 e. The molecular formula is C13H22O2. The van der Waals surface area contributed by atoms with Gasteiger partial charge in [0.1, 0.15) is 0 Å². The summed E-state index contributed by atoms with van der Waals surface area (Å²) in [6, 6.07) is 0. The Morgan fingerprint density at radius 3 is 2.60 bits per heavy atom. The van der Waals surface area contributed by atoms with Crippen LogP contribution in [0.15, 0.2) is 23.8 Å². The average molecular weight is 210 g/mol. The van der Waals surface area contributed by atoms with E-state index >= 15 is 0 Å². The van der Waals surface area contributed by atoms with E-state index in [2.05, 4.69) is 13.8 Å². The van der Waals surface area contributed by atoms with E-state index in [4.69, 9.17) is 0 Å². The minimum atomic E-state index is -0.450. The van der Waals surface area contributed by atoms with E-state index in [1.54, 1.807) is 0 Å². The van der Waals surface area contributed by atoms with Crippen molar-refractivity contribution in [1.82, 2.24) is 0 Å². The minimum Gasteiger partial charge on any atom is -0.389 e. The fourth-order valence-electron chi connectivity index (χ4n) is 2.79. The van der Waals surface area contributed by atoms with Crippen LogP contribution < -0.4 is 0 Å². The van der Waals surface area contributed by atoms with Crippen molar-refractivity contribution in [2.45, 2.75) is 46.3 Å². The normalized spacial score (nSPS) is 32.8. The van der Waals surface area contributed by atoms with Crippen molar-refractivity contribution in [3.8, 4) is 0 Å². The van der Waals surface area contributed by atoms with Gasteiger partial charge in [0.05, 0.1) is 12.2 Å². The molecule has 0 saturated carbocycles. The molecule has 0 aromatic heterocycles. The highest BCUT2D eigenvalue weighted by Gasteiger charge is 2.39. The Labute approximate surface area is 92.3 Å². The third kappa shape index (κ3) is 2.70. The van der Waals surface area contributed by atoms with Gasteiger partial charge in [-0.1, -0.05) is 37.6 Å². The van der Waals surface area contributed by atoms with Gasteiger partial charge >= 0.3 is 0 Å². The summed E-state index contributed by atoms with van der Waals surface area (Å²) in [5.41, 5.74) is 1.03. The SMILES string of the molecule is C/C=C/C(O)C1C(C)=CC(O)CC1(C)C. The Bertz CT molecular complexity index is 276. The van der Waals surface area contributed by atoms with E-state index in [9.17, 15) is 10.2 Å². The third-order valence-electron chi connectivity index (χ3n) is 3.25. The zero-order valence-electron chi connectivity index (χ0n) is 10.1. The summed E-state index contributed by atoms with van der Waals surface area (Å²) < 4.78 is 0. The molecule has 86 valence electrons. The van der Waals surface area contributed by atoms with Gasteiger partial charge in [0, 0.05) is 5.92 Å². The van der Waals surface area contributed by atoms with Crippen LogP contribution >= 0.6 is 0 Å². The van der Waals surface area contributed by atoms with Crippen molar-refractivity contribution in [3.63, 3.8) is 0 Å². The second-order valence-corrected chi connectivity index (χ2v) is 5.16. The molecule has 2 N–H and O–H groups in total. The highest BCUT2D eigenvalue weighted by Crippen LogP contribution is 2.43. The van der Waals surface area contributed by atoms with Gasteiger partial charge in [0.2, 0.25) is 0 Å². The molecule has 0 aromatic rings. The standard InChI is InChI=1S/C13H22O2/c1-5-6-11(15)12-9(2)7-10(14)8-13(12,3)4/h5-7,10-12,14-15H,8H2,1-4H3/b6-5+. The molecule has 0 spiro atoms. The van der Waals surface area contributed by atoms with Gasteiger partial charge in [-0.25, -0.2) is 0 Å². The van der Waals surface area contributed by atoms with Crippen molar-refractivity contribution in [2.75, 3.05) is 0 Å². The van der Waals surface area contributed by atoms with Crippen LogP contribution in [-0.2, 0) is 0 Å². The third-order valence-corrected chi connectivity index (χ3v) is 3.25. The van der Waals surface area contributed by atoms with Crippen molar-refractivity contribution in [1.29, 1.82) is 0 Å². The zero-order chi connectivity index (χ0) is 11.6. The number of allylic oxidation sites excluding steroid dienone is 1. The molecule has 0 aliphatic heterocycles. The van der Waals surface area contributed by atoms with E-state index in [1.165, 1.54) is 0 Å². The van der Waals surface area contributed by atoms with Crippen molar-refractivity contribution < 1.29 is 10.2 Å². The number of hydrogen-bond donors (Lipinski definition) is 2. The first-order valence-electron chi connectivity index (χ1n) is 5.55. The number of hydrogen-bond acceptors (Lipinski definition) is 2. The molecule has 1 rings (SSSR count). The summed E-state index contributed by atoms with van der Waals surface area (Å²) in [7, 11) is 0. The van der Waals surface area contributed by atoms with Gasteiger partial charge in [0.25, 0.3) is 0 Å². The van der Waals surface area contributed by atoms with Crippen LogP contribution in [0.3, 0.4) is 0 Å². The van der Waals surface area contributed by atoms with E-state index in [0.29, 0.717) is 6.42 Å². The Kier molecular flexibility index (Phi) is 3.74. The first kappa shape index (κ1) is 12.5. The van der Waals surface area contributed by atoms with Crippen LogP contribution in [0.5, 0.6) is 0 Å². The first-order chi connectivity index (χ1) is 6.88. The lowest BCUT2D eigenvalue weighted by atomic mass is 9.65. The lowest BCUT2D eigenvalue weighted by molar-refractivity contribution is 0.0414. The van der Waals surface area contributed by atoms with Gasteiger partial charge in [-0.3, -0.25) is 0 Å². The molecule has 2 nitrogen and oxygen atoms in total. The molecule has 0 amide bonds. The molecule has 0 saturated heterocycles. The Morgan fingerprint density at radius 2 is 2.13 bits per heavy atom. The predicted molar refractivity (Wildman–Crippen MR) is 62.5 cm³/mol. The molecule has 0 aromatic carbocycles. The van der Waals surface area contributed by atoms with Crippen LogP contribution in [0.2, 0.25) is 0 Å². The quantitative estimate of drug-likeness (QED) is 0.686. The second-order valence-electron chi connectivity index (χ2n) is 5.16. The molecular weight excluding hydrogens is 188 g/mol. The van der Waals surface area contributed by atoms with Gasteiger partial charge in [-0.05, 0) is 25.7 Å². The van der Waals surface area contributed by atoms with Gasteiger partial charge < -0.3 is 10.2 Å². The second kappa shape index (κ2) is 4.50. The molecule has 0 heterocycles. The van der Waals surface area contributed by atoms with E-state index in [0.717, 1.165) is 5.57 Å². The summed E-state index contributed by atoms with van der Waals surface area (Å²) in [5.74, 6) is 0.108. The molecule has 2 heteroatoms. The predicted octanol–water partition coefficient (Wildman–Crippen LogP) is 2.28. The van der Waals surface area contributed by atoms with E-state index < -0.39 is 6.10 Å². The Morgan fingerprint density at radius 1 is 1.53 bits per heavy atom. The van der Waals surface area contributed by atoms with Gasteiger partial charge in [0.15, 0.2) is 0 Å². The van der Waals surface area contributed by atoms with Gasteiger partial charge in [-0.15, -0.1) is 0 Å². The van der Waals surface area contributed by atoms with Crippen molar-refractivity contribution in [2.24, 2.45) is 11.3 Å².